The van der Waals surface area contributed by atoms with Gasteiger partial charge in [0.2, 0.25) is 0 Å². The van der Waals surface area contributed by atoms with Crippen LogP contribution in [0.5, 0.6) is 0 Å². The van der Waals surface area contributed by atoms with Crippen LogP contribution in [0.1, 0.15) is 0 Å². The molecule has 0 fully saturated rings. The molecule has 0 saturated carbocycles. The van der Waals surface area contributed by atoms with E-state index >= 15 is 0 Å². The van der Waals surface area contributed by atoms with E-state index in [4.69, 9.17) is 0 Å². The first-order valence-electron chi connectivity index (χ1n) is 17.2. The normalized spacial score (nSPS) is 12.0. The Morgan fingerprint density at radius 1 is 0.340 bits per heavy atom. The third kappa shape index (κ3) is 4.57. The fourth-order valence-corrected chi connectivity index (χ4v) is 7.79. The Morgan fingerprint density at radius 2 is 0.880 bits per heavy atom. The Balaban J connectivity index is 1.22. The van der Waals surface area contributed by atoms with Crippen LogP contribution in [-0.4, -0.2) is 4.98 Å². The Hall–Kier alpha value is -6.64. The smallest absolute Gasteiger partial charge is 0.0782 e. The maximum Gasteiger partial charge on any atom is 0.0782 e. The fraction of sp³-hybridized carbons (Fsp3) is 0. The van der Waals surface area contributed by atoms with Crippen LogP contribution in [0.3, 0.4) is 0 Å². The molecule has 0 atom stereocenters. The molecule has 2 heteroatoms. The monoisotopic (exact) mass is 636 g/mol. The van der Waals surface area contributed by atoms with Crippen LogP contribution in [0.25, 0.3) is 77.4 Å². The van der Waals surface area contributed by atoms with Gasteiger partial charge in [-0.1, -0.05) is 140 Å². The highest BCUT2D eigenvalue weighted by molar-refractivity contribution is 6.18. The predicted octanol–water partition coefficient (Wildman–Crippen LogP) is 13.4. The quantitative estimate of drug-likeness (QED) is 0.204. The highest BCUT2D eigenvalue weighted by atomic mass is 15.2. The average molecular weight is 637 g/mol. The van der Waals surface area contributed by atoms with E-state index in [0.717, 1.165) is 16.7 Å². The van der Waals surface area contributed by atoms with E-state index in [-0.39, 0.29) is 0 Å². The number of aromatic amines is 1. The average Bonchev–Trinajstić information content (AvgIpc) is 3.51. The Bertz CT molecular complexity index is 2630. The van der Waals surface area contributed by atoms with E-state index in [1.165, 1.54) is 77.8 Å². The van der Waals surface area contributed by atoms with Gasteiger partial charge in [0.1, 0.15) is 0 Å². The molecule has 0 unspecified atom stereocenters. The zero-order valence-corrected chi connectivity index (χ0v) is 27.3. The number of aromatic nitrogens is 1. The van der Waals surface area contributed by atoms with Crippen molar-refractivity contribution >= 4 is 38.9 Å². The summed E-state index contributed by atoms with van der Waals surface area (Å²) in [5.74, 6) is 0. The molecule has 9 aromatic rings. The highest BCUT2D eigenvalue weighted by Crippen LogP contribution is 2.53. The Morgan fingerprint density at radius 3 is 1.54 bits per heavy atom. The number of hydrogen-bond donors (Lipinski definition) is 1. The number of H-pyrrole nitrogens is 1. The standard InChI is InChI=1S/C48H32N2/c1-4-14-32(15-5-1)35-28-36(33-16-6-2-7-17-33)30-37(29-35)34-24-27-45-44(31-34)42-25-26-43-40-21-11-10-20-39(40)41-22-12-13-23-46(41)50(48(43)47(42)49-45)38-18-8-3-9-19-38/h1-31,49H. The number of nitrogens with one attached hydrogen (secondary N) is 1. The fourth-order valence-electron chi connectivity index (χ4n) is 7.79. The van der Waals surface area contributed by atoms with Crippen LogP contribution in [0.4, 0.5) is 17.1 Å². The van der Waals surface area contributed by atoms with E-state index in [1.807, 2.05) is 0 Å². The second-order valence-corrected chi connectivity index (χ2v) is 13.0. The molecule has 10 rings (SSSR count). The number of anilines is 3. The lowest BCUT2D eigenvalue weighted by molar-refractivity contribution is 1.30. The molecule has 0 radical (unpaired) electrons. The summed E-state index contributed by atoms with van der Waals surface area (Å²) in [4.78, 5) is 6.35. The lowest BCUT2D eigenvalue weighted by atomic mass is 9.92. The molecule has 50 heavy (non-hydrogen) atoms. The number of rotatable bonds is 4. The Kier molecular flexibility index (Phi) is 6.53. The molecule has 0 spiro atoms. The van der Waals surface area contributed by atoms with Crippen LogP contribution in [0, 0.1) is 0 Å². The van der Waals surface area contributed by atoms with E-state index in [2.05, 4.69) is 198 Å². The number of benzene rings is 8. The van der Waals surface area contributed by atoms with Gasteiger partial charge in [0.25, 0.3) is 0 Å². The van der Waals surface area contributed by atoms with Crippen molar-refractivity contribution in [1.29, 1.82) is 0 Å². The first-order valence-corrected chi connectivity index (χ1v) is 17.2. The molecule has 0 bridgehead atoms. The van der Waals surface area contributed by atoms with Crippen LogP contribution < -0.4 is 4.90 Å². The highest BCUT2D eigenvalue weighted by Gasteiger charge is 2.28. The lowest BCUT2D eigenvalue weighted by Gasteiger charge is -2.27. The third-order valence-corrected chi connectivity index (χ3v) is 10.1. The summed E-state index contributed by atoms with van der Waals surface area (Å²) < 4.78 is 0. The van der Waals surface area contributed by atoms with Crippen LogP contribution in [0.15, 0.2) is 188 Å². The minimum atomic E-state index is 1.12. The van der Waals surface area contributed by atoms with Gasteiger partial charge in [-0.15, -0.1) is 0 Å². The van der Waals surface area contributed by atoms with Gasteiger partial charge in [-0.3, -0.25) is 0 Å². The summed E-state index contributed by atoms with van der Waals surface area (Å²) >= 11 is 0. The van der Waals surface area contributed by atoms with Crippen molar-refractivity contribution in [1.82, 2.24) is 4.98 Å². The van der Waals surface area contributed by atoms with Gasteiger partial charge in [0, 0.05) is 33.1 Å². The summed E-state index contributed by atoms with van der Waals surface area (Å²) in [5, 5.41) is 2.42. The van der Waals surface area contributed by atoms with Crippen molar-refractivity contribution in [3.8, 4) is 55.6 Å². The maximum absolute atomic E-state index is 3.91. The van der Waals surface area contributed by atoms with E-state index < -0.39 is 0 Å². The van der Waals surface area contributed by atoms with Crippen molar-refractivity contribution in [2.75, 3.05) is 4.90 Å². The molecule has 0 aliphatic carbocycles. The molecule has 2 heterocycles. The zero-order chi connectivity index (χ0) is 33.0. The number of hydrogen-bond acceptors (Lipinski definition) is 1. The van der Waals surface area contributed by atoms with Crippen molar-refractivity contribution in [3.05, 3.63) is 188 Å². The van der Waals surface area contributed by atoms with Crippen LogP contribution in [0.2, 0.25) is 0 Å². The first kappa shape index (κ1) is 28.4. The molecule has 8 aromatic carbocycles. The van der Waals surface area contributed by atoms with Crippen LogP contribution in [-0.2, 0) is 0 Å². The topological polar surface area (TPSA) is 19.0 Å². The SMILES string of the molecule is c1ccc(-c2cc(-c3ccccc3)cc(-c3ccc4[nH]c5c6c(ccc5c4c3)-c3ccccc3-c3ccccc3N6c3ccccc3)c2)cc1. The summed E-state index contributed by atoms with van der Waals surface area (Å²) in [6.45, 7) is 0. The molecule has 1 aromatic heterocycles. The number of para-hydroxylation sites is 2. The number of nitrogens with zero attached hydrogens (tertiary/aromatic N) is 1. The summed E-state index contributed by atoms with van der Waals surface area (Å²) in [6, 6.07) is 68.2. The van der Waals surface area contributed by atoms with Crippen molar-refractivity contribution in [2.24, 2.45) is 0 Å². The molecule has 1 aliphatic rings. The van der Waals surface area contributed by atoms with Gasteiger partial charge >= 0.3 is 0 Å². The second kappa shape index (κ2) is 11.5. The molecule has 0 saturated heterocycles. The van der Waals surface area contributed by atoms with E-state index in [1.54, 1.807) is 0 Å². The van der Waals surface area contributed by atoms with Gasteiger partial charge in [-0.25, -0.2) is 0 Å². The van der Waals surface area contributed by atoms with Gasteiger partial charge in [0.05, 0.1) is 16.9 Å². The van der Waals surface area contributed by atoms with Gasteiger partial charge < -0.3 is 9.88 Å². The van der Waals surface area contributed by atoms with Gasteiger partial charge in [-0.05, 0) is 93.0 Å². The first-order chi connectivity index (χ1) is 24.8. The molecular weight excluding hydrogens is 605 g/mol. The van der Waals surface area contributed by atoms with Crippen LogP contribution >= 0.6 is 0 Å². The molecule has 234 valence electrons. The zero-order valence-electron chi connectivity index (χ0n) is 27.3. The minimum absolute atomic E-state index is 1.12. The molecule has 1 N–H and O–H groups in total. The largest absolute Gasteiger partial charge is 0.353 e. The van der Waals surface area contributed by atoms with Gasteiger partial charge in [0.15, 0.2) is 0 Å². The van der Waals surface area contributed by atoms with E-state index in [9.17, 15) is 0 Å². The second-order valence-electron chi connectivity index (χ2n) is 13.0. The molecule has 1 aliphatic heterocycles. The molecule has 0 amide bonds. The molecular formula is C48H32N2. The predicted molar refractivity (Wildman–Crippen MR) is 211 cm³/mol. The minimum Gasteiger partial charge on any atom is -0.353 e. The van der Waals surface area contributed by atoms with Crippen molar-refractivity contribution in [3.63, 3.8) is 0 Å². The Labute approximate surface area is 291 Å². The molecule has 2 nitrogen and oxygen atoms in total. The lowest BCUT2D eigenvalue weighted by Crippen LogP contribution is -2.11. The van der Waals surface area contributed by atoms with Gasteiger partial charge in [-0.2, -0.15) is 0 Å². The number of fused-ring (bicyclic) bond motifs is 9. The third-order valence-electron chi connectivity index (χ3n) is 10.1. The summed E-state index contributed by atoms with van der Waals surface area (Å²) in [6.07, 6.45) is 0. The maximum atomic E-state index is 3.91. The summed E-state index contributed by atoms with van der Waals surface area (Å²) in [5.41, 5.74) is 17.9. The summed E-state index contributed by atoms with van der Waals surface area (Å²) in [7, 11) is 0. The van der Waals surface area contributed by atoms with Crippen molar-refractivity contribution in [2.45, 2.75) is 0 Å². The van der Waals surface area contributed by atoms with Crippen molar-refractivity contribution < 1.29 is 0 Å². The van der Waals surface area contributed by atoms with E-state index in [0.29, 0.717) is 0 Å².